The summed E-state index contributed by atoms with van der Waals surface area (Å²) in [6.45, 7) is 8.61. The van der Waals surface area contributed by atoms with Gasteiger partial charge in [0.15, 0.2) is 0 Å². The minimum absolute atomic E-state index is 0.276. The quantitative estimate of drug-likeness (QED) is 0.258. The van der Waals surface area contributed by atoms with E-state index in [4.69, 9.17) is 9.47 Å². The molecule has 0 aromatic rings. The Kier molecular flexibility index (Phi) is 9.00. The molecule has 0 rings (SSSR count). The molecule has 2 amide bonds. The van der Waals surface area contributed by atoms with E-state index in [0.717, 1.165) is 0 Å². The van der Waals surface area contributed by atoms with E-state index in [9.17, 15) is 30.0 Å². The van der Waals surface area contributed by atoms with Crippen molar-refractivity contribution in [2.24, 2.45) is 0 Å². The summed E-state index contributed by atoms with van der Waals surface area (Å²) in [5, 5.41) is 38.3. The Hall–Kier alpha value is -0.920. The van der Waals surface area contributed by atoms with Gasteiger partial charge in [-0.1, -0.05) is 0 Å². The standard InChI is InChI=1S/C14H28N2O8S2/c1-11(2,3)23-9(17)15-7-13(19,20)25-26-14(21,22)8-16-10(18)24-12(4,5)6/h19-22H,7-8H2,1-6H3,(H,15,17)(H,16,18). The fourth-order valence-corrected chi connectivity index (χ4v) is 2.88. The van der Waals surface area contributed by atoms with Gasteiger partial charge in [-0.3, -0.25) is 0 Å². The molecule has 0 aliphatic carbocycles. The first kappa shape index (κ1) is 25.1. The Morgan fingerprint density at radius 3 is 1.23 bits per heavy atom. The van der Waals surface area contributed by atoms with Crippen LogP contribution in [0.3, 0.4) is 0 Å². The van der Waals surface area contributed by atoms with Crippen LogP contribution >= 0.6 is 21.6 Å². The molecule has 0 heterocycles. The first-order valence-electron chi connectivity index (χ1n) is 7.61. The van der Waals surface area contributed by atoms with Crippen molar-refractivity contribution < 1.29 is 39.5 Å². The van der Waals surface area contributed by atoms with Crippen LogP contribution in [0.5, 0.6) is 0 Å². The summed E-state index contributed by atoms with van der Waals surface area (Å²) in [7, 11) is 0.552. The number of rotatable bonds is 7. The highest BCUT2D eigenvalue weighted by molar-refractivity contribution is 8.77. The fourth-order valence-electron chi connectivity index (χ4n) is 1.20. The predicted octanol–water partition coefficient (Wildman–Crippen LogP) is 0.694. The van der Waals surface area contributed by atoms with Gasteiger partial charge in [0.25, 0.3) is 0 Å². The third kappa shape index (κ3) is 14.3. The van der Waals surface area contributed by atoms with Gasteiger partial charge in [0, 0.05) is 0 Å². The SMILES string of the molecule is CC(C)(C)OC(=O)NCC(O)(O)SSC(O)(O)CNC(=O)OC(C)(C)C. The molecule has 0 aromatic heterocycles. The second-order valence-electron chi connectivity index (χ2n) is 7.36. The van der Waals surface area contributed by atoms with Gasteiger partial charge in [-0.2, -0.15) is 0 Å². The second-order valence-corrected chi connectivity index (χ2v) is 10.0. The first-order chi connectivity index (χ1) is 11.4. The summed E-state index contributed by atoms with van der Waals surface area (Å²) in [4.78, 5) is 22.9. The highest BCUT2D eigenvalue weighted by Crippen LogP contribution is 2.38. The van der Waals surface area contributed by atoms with Crippen molar-refractivity contribution in [3.05, 3.63) is 0 Å². The lowest BCUT2D eigenvalue weighted by Gasteiger charge is -2.27. The maximum Gasteiger partial charge on any atom is 0.407 e. The van der Waals surface area contributed by atoms with E-state index in [0.29, 0.717) is 0 Å². The van der Waals surface area contributed by atoms with Gasteiger partial charge >= 0.3 is 12.2 Å². The Balaban J connectivity index is 4.33. The topological polar surface area (TPSA) is 158 Å². The van der Waals surface area contributed by atoms with Gasteiger partial charge < -0.3 is 40.5 Å². The lowest BCUT2D eigenvalue weighted by molar-refractivity contribution is -0.0770. The molecule has 0 radical (unpaired) electrons. The number of carbonyl (C=O) groups is 2. The summed E-state index contributed by atoms with van der Waals surface area (Å²) in [6, 6.07) is 0. The van der Waals surface area contributed by atoms with Crippen LogP contribution in [0, 0.1) is 0 Å². The van der Waals surface area contributed by atoms with E-state index in [1.165, 1.54) is 0 Å². The molecule has 0 aliphatic heterocycles. The maximum absolute atomic E-state index is 11.5. The molecule has 6 N–H and O–H groups in total. The third-order valence-corrected chi connectivity index (χ3v) is 4.79. The summed E-state index contributed by atoms with van der Waals surface area (Å²) in [6.07, 6.45) is -1.72. The summed E-state index contributed by atoms with van der Waals surface area (Å²) in [5.74, 6) is 0. The highest BCUT2D eigenvalue weighted by atomic mass is 33.1. The van der Waals surface area contributed by atoms with E-state index in [2.05, 4.69) is 10.6 Å². The van der Waals surface area contributed by atoms with Crippen LogP contribution in [0.1, 0.15) is 41.5 Å². The number of hydrogen-bond donors (Lipinski definition) is 6. The van der Waals surface area contributed by atoms with Crippen LogP contribution < -0.4 is 10.6 Å². The van der Waals surface area contributed by atoms with Gasteiger partial charge in [0.2, 0.25) is 10.2 Å². The van der Waals surface area contributed by atoms with E-state index < -0.39 is 46.7 Å². The second kappa shape index (κ2) is 9.33. The molecule has 0 spiro atoms. The van der Waals surface area contributed by atoms with Gasteiger partial charge in [-0.15, -0.1) is 0 Å². The number of aliphatic hydroxyl groups is 4. The van der Waals surface area contributed by atoms with E-state index in [1.807, 2.05) is 0 Å². The van der Waals surface area contributed by atoms with Crippen LogP contribution in [-0.4, -0.2) is 67.1 Å². The average Bonchev–Trinajstić information content (AvgIpc) is 2.38. The zero-order chi connectivity index (χ0) is 20.8. The molecule has 0 unspecified atom stereocenters. The van der Waals surface area contributed by atoms with Crippen LogP contribution in [-0.2, 0) is 9.47 Å². The van der Waals surface area contributed by atoms with Crippen LogP contribution in [0.4, 0.5) is 9.59 Å². The number of nitrogens with one attached hydrogen (secondary N) is 2. The monoisotopic (exact) mass is 416 g/mol. The molecule has 0 saturated heterocycles. The molecule has 26 heavy (non-hydrogen) atoms. The molecule has 0 fully saturated rings. The summed E-state index contributed by atoms with van der Waals surface area (Å²) in [5.41, 5.74) is -1.50. The van der Waals surface area contributed by atoms with Gasteiger partial charge in [-0.25, -0.2) is 9.59 Å². The zero-order valence-electron chi connectivity index (χ0n) is 15.7. The Labute approximate surface area is 160 Å². The van der Waals surface area contributed by atoms with Crippen LogP contribution in [0.15, 0.2) is 0 Å². The van der Waals surface area contributed by atoms with Crippen molar-refractivity contribution in [2.75, 3.05) is 13.1 Å². The summed E-state index contributed by atoms with van der Waals surface area (Å²) >= 11 is 0. The molecule has 0 bridgehead atoms. The van der Waals surface area contributed by atoms with E-state index in [-0.39, 0.29) is 21.6 Å². The van der Waals surface area contributed by atoms with Crippen molar-refractivity contribution in [1.29, 1.82) is 0 Å². The average molecular weight is 417 g/mol. The van der Waals surface area contributed by atoms with Crippen molar-refractivity contribution in [3.63, 3.8) is 0 Å². The predicted molar refractivity (Wildman–Crippen MR) is 98.0 cm³/mol. The Morgan fingerprint density at radius 2 is 1.00 bits per heavy atom. The number of hydrogen-bond acceptors (Lipinski definition) is 10. The van der Waals surface area contributed by atoms with Gasteiger partial charge in [0.1, 0.15) is 11.2 Å². The molecular formula is C14H28N2O8S2. The van der Waals surface area contributed by atoms with Gasteiger partial charge in [-0.05, 0) is 63.1 Å². The zero-order valence-corrected chi connectivity index (χ0v) is 17.3. The van der Waals surface area contributed by atoms with Crippen molar-refractivity contribution >= 4 is 33.8 Å². The van der Waals surface area contributed by atoms with Crippen molar-refractivity contribution in [1.82, 2.24) is 10.6 Å². The molecular weight excluding hydrogens is 388 g/mol. The van der Waals surface area contributed by atoms with Crippen LogP contribution in [0.2, 0.25) is 0 Å². The minimum Gasteiger partial charge on any atom is -0.444 e. The minimum atomic E-state index is -2.51. The molecule has 0 atom stereocenters. The number of carbonyl (C=O) groups excluding carboxylic acids is 2. The lowest BCUT2D eigenvalue weighted by Crippen LogP contribution is -2.44. The van der Waals surface area contributed by atoms with E-state index in [1.54, 1.807) is 41.5 Å². The molecule has 0 aromatic carbocycles. The first-order valence-corrected chi connectivity index (χ1v) is 9.76. The highest BCUT2D eigenvalue weighted by Gasteiger charge is 2.34. The fraction of sp³-hybridized carbons (Fsp3) is 0.857. The maximum atomic E-state index is 11.5. The molecule has 0 aliphatic rings. The molecule has 0 saturated carbocycles. The van der Waals surface area contributed by atoms with Crippen molar-refractivity contribution in [3.8, 4) is 0 Å². The van der Waals surface area contributed by atoms with Gasteiger partial charge in [0.05, 0.1) is 13.1 Å². The third-order valence-electron chi connectivity index (χ3n) is 2.03. The molecule has 154 valence electrons. The largest absolute Gasteiger partial charge is 0.444 e. The lowest BCUT2D eigenvalue weighted by atomic mass is 10.2. The van der Waals surface area contributed by atoms with E-state index >= 15 is 0 Å². The molecule has 10 nitrogen and oxygen atoms in total. The Bertz CT molecular complexity index is 442. The number of alkyl carbamates (subject to hydrolysis) is 2. The normalized spacial score (nSPS) is 13.2. The number of amides is 2. The number of ether oxygens (including phenoxy) is 2. The molecule has 12 heteroatoms. The van der Waals surface area contributed by atoms with Crippen molar-refractivity contribution in [2.45, 2.75) is 63.0 Å². The smallest absolute Gasteiger partial charge is 0.407 e. The Morgan fingerprint density at radius 1 is 0.731 bits per heavy atom. The van der Waals surface area contributed by atoms with Crippen LogP contribution in [0.25, 0.3) is 0 Å². The summed E-state index contributed by atoms with van der Waals surface area (Å²) < 4.78 is 9.87.